The van der Waals surface area contributed by atoms with Crippen molar-refractivity contribution >= 4 is 11.6 Å². The summed E-state index contributed by atoms with van der Waals surface area (Å²) < 4.78 is 41.1. The molecule has 1 heterocycles. The molecule has 0 spiro atoms. The molecule has 3 rings (SSSR count). The van der Waals surface area contributed by atoms with Crippen LogP contribution in [-0.2, 0) is 4.79 Å². The first-order valence-electron chi connectivity index (χ1n) is 8.97. The summed E-state index contributed by atoms with van der Waals surface area (Å²) in [5, 5.41) is 3.07. The predicted octanol–water partition coefficient (Wildman–Crippen LogP) is 2.80. The number of ether oxygens (including phenoxy) is 1. The van der Waals surface area contributed by atoms with Crippen molar-refractivity contribution < 1.29 is 22.7 Å². The highest BCUT2D eigenvalue weighted by atomic mass is 19.4. The van der Waals surface area contributed by atoms with Crippen LogP contribution in [0.3, 0.4) is 0 Å². The van der Waals surface area contributed by atoms with E-state index >= 15 is 0 Å². The van der Waals surface area contributed by atoms with Crippen molar-refractivity contribution in [3.63, 3.8) is 0 Å². The van der Waals surface area contributed by atoms with Gasteiger partial charge in [-0.25, -0.2) is 0 Å². The Morgan fingerprint density at radius 2 is 2.08 bits per heavy atom. The van der Waals surface area contributed by atoms with E-state index in [1.807, 2.05) is 4.90 Å². The molecule has 144 valence electrons. The predicted molar refractivity (Wildman–Crippen MR) is 91.8 cm³/mol. The first kappa shape index (κ1) is 18.8. The number of hydrogen-bond donors (Lipinski definition) is 2. The van der Waals surface area contributed by atoms with Crippen molar-refractivity contribution in [1.29, 1.82) is 0 Å². The van der Waals surface area contributed by atoms with Crippen LogP contribution in [-0.4, -0.2) is 37.4 Å². The summed E-state index contributed by atoms with van der Waals surface area (Å²) in [4.78, 5) is 14.4. The first-order chi connectivity index (χ1) is 12.3. The molecule has 1 aliphatic carbocycles. The molecule has 3 N–H and O–H groups in total. The minimum Gasteiger partial charge on any atom is -0.406 e. The maximum absolute atomic E-state index is 12.4. The van der Waals surface area contributed by atoms with Gasteiger partial charge in [-0.3, -0.25) is 4.79 Å². The molecule has 1 aliphatic heterocycles. The Bertz CT molecular complexity index is 638. The van der Waals surface area contributed by atoms with Crippen LogP contribution in [0.5, 0.6) is 5.75 Å². The van der Waals surface area contributed by atoms with Crippen LogP contribution < -0.4 is 20.7 Å². The summed E-state index contributed by atoms with van der Waals surface area (Å²) in [5.74, 6) is -0.226. The standard InChI is InChI=1S/C18H24F3N3O2/c19-18(20,21)26-16-6-2-5-15(10-16)24-8-7-14(11-24)23-17(25)12-3-1-4-13(22)9-12/h2,5-6,10,12-14H,1,3-4,7-9,11,22H2,(H,23,25). The number of halogens is 3. The quantitative estimate of drug-likeness (QED) is 0.854. The highest BCUT2D eigenvalue weighted by molar-refractivity contribution is 5.79. The number of nitrogens with two attached hydrogens (primary N) is 1. The van der Waals surface area contributed by atoms with Crippen molar-refractivity contribution in [2.24, 2.45) is 11.7 Å². The Balaban J connectivity index is 1.55. The molecule has 1 saturated heterocycles. The van der Waals surface area contributed by atoms with E-state index in [1.54, 1.807) is 6.07 Å². The third-order valence-corrected chi connectivity index (χ3v) is 5.04. The van der Waals surface area contributed by atoms with Gasteiger partial charge in [-0.2, -0.15) is 0 Å². The topological polar surface area (TPSA) is 67.6 Å². The molecule has 0 aromatic heterocycles. The molecule has 1 saturated carbocycles. The van der Waals surface area contributed by atoms with E-state index in [0.29, 0.717) is 18.8 Å². The van der Waals surface area contributed by atoms with Gasteiger partial charge in [0.25, 0.3) is 0 Å². The lowest BCUT2D eigenvalue weighted by Crippen LogP contribution is -2.43. The minimum atomic E-state index is -4.71. The summed E-state index contributed by atoms with van der Waals surface area (Å²) in [6, 6.07) is 6.01. The third-order valence-electron chi connectivity index (χ3n) is 5.04. The molecule has 1 amide bonds. The van der Waals surface area contributed by atoms with E-state index in [4.69, 9.17) is 5.73 Å². The van der Waals surface area contributed by atoms with Gasteiger partial charge in [0.05, 0.1) is 0 Å². The van der Waals surface area contributed by atoms with Gasteiger partial charge in [-0.1, -0.05) is 12.5 Å². The summed E-state index contributed by atoms with van der Waals surface area (Å²) in [6.07, 6.45) is -0.416. The van der Waals surface area contributed by atoms with Crippen LogP contribution in [0, 0.1) is 5.92 Å². The fourth-order valence-corrected chi connectivity index (χ4v) is 3.77. The molecular formula is C18H24F3N3O2. The van der Waals surface area contributed by atoms with Gasteiger partial charge in [0.2, 0.25) is 5.91 Å². The number of rotatable bonds is 4. The molecule has 1 aromatic carbocycles. The van der Waals surface area contributed by atoms with E-state index in [0.717, 1.165) is 32.1 Å². The molecule has 3 atom stereocenters. The maximum Gasteiger partial charge on any atom is 0.573 e. The molecule has 26 heavy (non-hydrogen) atoms. The zero-order valence-electron chi connectivity index (χ0n) is 14.5. The van der Waals surface area contributed by atoms with E-state index in [-0.39, 0.29) is 29.7 Å². The van der Waals surface area contributed by atoms with Gasteiger partial charge in [0.15, 0.2) is 0 Å². The second kappa shape index (κ2) is 7.73. The largest absolute Gasteiger partial charge is 0.573 e. The van der Waals surface area contributed by atoms with Crippen LogP contribution in [0.15, 0.2) is 24.3 Å². The Labute approximate surface area is 150 Å². The number of alkyl halides is 3. The second-order valence-electron chi connectivity index (χ2n) is 7.11. The summed E-state index contributed by atoms with van der Waals surface area (Å²) >= 11 is 0. The van der Waals surface area contributed by atoms with Gasteiger partial charge >= 0.3 is 6.36 Å². The molecule has 1 aromatic rings. The van der Waals surface area contributed by atoms with Crippen LogP contribution in [0.25, 0.3) is 0 Å². The molecule has 8 heteroatoms. The van der Waals surface area contributed by atoms with Crippen molar-refractivity contribution in [2.75, 3.05) is 18.0 Å². The summed E-state index contributed by atoms with van der Waals surface area (Å²) in [5.41, 5.74) is 6.60. The molecule has 2 fully saturated rings. The fraction of sp³-hybridized carbons (Fsp3) is 0.611. The Hall–Kier alpha value is -1.96. The van der Waals surface area contributed by atoms with E-state index in [9.17, 15) is 18.0 Å². The van der Waals surface area contributed by atoms with E-state index in [2.05, 4.69) is 10.1 Å². The minimum absolute atomic E-state index is 0.00663. The molecule has 2 aliphatic rings. The number of anilines is 1. The van der Waals surface area contributed by atoms with E-state index in [1.165, 1.54) is 18.2 Å². The van der Waals surface area contributed by atoms with Gasteiger partial charge in [-0.15, -0.1) is 13.2 Å². The smallest absolute Gasteiger partial charge is 0.406 e. The Morgan fingerprint density at radius 3 is 2.81 bits per heavy atom. The van der Waals surface area contributed by atoms with Crippen molar-refractivity contribution in [3.8, 4) is 5.75 Å². The van der Waals surface area contributed by atoms with Gasteiger partial charge < -0.3 is 20.7 Å². The Kier molecular flexibility index (Phi) is 5.60. The lowest BCUT2D eigenvalue weighted by Gasteiger charge is -2.27. The van der Waals surface area contributed by atoms with Crippen molar-refractivity contribution in [1.82, 2.24) is 5.32 Å². The van der Waals surface area contributed by atoms with Crippen molar-refractivity contribution in [2.45, 2.75) is 50.6 Å². The highest BCUT2D eigenvalue weighted by Crippen LogP contribution is 2.29. The number of nitrogens with one attached hydrogen (secondary N) is 1. The molecule has 5 nitrogen and oxygen atoms in total. The fourth-order valence-electron chi connectivity index (χ4n) is 3.77. The molecule has 3 unspecified atom stereocenters. The average molecular weight is 371 g/mol. The zero-order valence-corrected chi connectivity index (χ0v) is 14.5. The van der Waals surface area contributed by atoms with Crippen molar-refractivity contribution in [3.05, 3.63) is 24.3 Å². The average Bonchev–Trinajstić information content (AvgIpc) is 3.02. The SMILES string of the molecule is NC1CCCC(C(=O)NC2CCN(c3cccc(OC(F)(F)F)c3)C2)C1. The first-order valence-corrected chi connectivity index (χ1v) is 8.97. The highest BCUT2D eigenvalue weighted by Gasteiger charge is 2.32. The second-order valence-corrected chi connectivity index (χ2v) is 7.11. The molecular weight excluding hydrogens is 347 g/mol. The van der Waals surface area contributed by atoms with E-state index < -0.39 is 6.36 Å². The lowest BCUT2D eigenvalue weighted by molar-refractivity contribution is -0.274. The number of amides is 1. The van der Waals surface area contributed by atoms with Crippen LogP contribution in [0.4, 0.5) is 18.9 Å². The summed E-state index contributed by atoms with van der Waals surface area (Å²) in [6.45, 7) is 1.24. The molecule has 0 radical (unpaired) electrons. The number of carbonyl (C=O) groups is 1. The van der Waals surface area contributed by atoms with Gasteiger partial charge in [0.1, 0.15) is 5.75 Å². The number of hydrogen-bond acceptors (Lipinski definition) is 4. The number of benzene rings is 1. The Morgan fingerprint density at radius 1 is 1.27 bits per heavy atom. The normalized spacial score (nSPS) is 26.6. The zero-order chi connectivity index (χ0) is 18.7. The molecule has 0 bridgehead atoms. The number of nitrogens with zero attached hydrogens (tertiary/aromatic N) is 1. The summed E-state index contributed by atoms with van der Waals surface area (Å²) in [7, 11) is 0. The van der Waals surface area contributed by atoms with Crippen LogP contribution in [0.2, 0.25) is 0 Å². The van der Waals surface area contributed by atoms with Gasteiger partial charge in [-0.05, 0) is 37.8 Å². The monoisotopic (exact) mass is 371 g/mol. The third kappa shape index (κ3) is 5.03. The maximum atomic E-state index is 12.4. The van der Waals surface area contributed by atoms with Crippen LogP contribution >= 0.6 is 0 Å². The van der Waals surface area contributed by atoms with Crippen LogP contribution in [0.1, 0.15) is 32.1 Å². The number of carbonyl (C=O) groups excluding carboxylic acids is 1. The lowest BCUT2D eigenvalue weighted by atomic mass is 9.85. The van der Waals surface area contributed by atoms with Gasteiger partial charge in [0, 0.05) is 42.8 Å².